The number of fused-ring (bicyclic) bond motifs is 1. The molecule has 5 nitrogen and oxygen atoms in total. The molecule has 0 aliphatic carbocycles. The Morgan fingerprint density at radius 2 is 2.00 bits per heavy atom. The Morgan fingerprint density at radius 1 is 1.21 bits per heavy atom. The molecule has 0 saturated carbocycles. The van der Waals surface area contributed by atoms with Crippen molar-refractivity contribution in [1.82, 2.24) is 5.32 Å². The Kier molecular flexibility index (Phi) is 5.43. The Bertz CT molecular complexity index is 691. The number of carbonyl (C=O) groups excluding carboxylic acids is 1. The SMILES string of the molecule is O=C(COc1ccc(Cl)cc1)NCCN1CCOc2ccccc21. The van der Waals surface area contributed by atoms with Crippen LogP contribution in [0.5, 0.6) is 11.5 Å². The Morgan fingerprint density at radius 3 is 2.83 bits per heavy atom. The lowest BCUT2D eigenvalue weighted by Gasteiger charge is -2.31. The first-order valence-electron chi connectivity index (χ1n) is 7.84. The van der Waals surface area contributed by atoms with Crippen LogP contribution in [0.1, 0.15) is 0 Å². The molecule has 0 radical (unpaired) electrons. The molecule has 1 aliphatic rings. The molecular weight excluding hydrogens is 328 g/mol. The van der Waals surface area contributed by atoms with Gasteiger partial charge in [-0.15, -0.1) is 0 Å². The van der Waals surface area contributed by atoms with Gasteiger partial charge in [0.05, 0.1) is 12.2 Å². The monoisotopic (exact) mass is 346 g/mol. The fourth-order valence-electron chi connectivity index (χ4n) is 2.52. The van der Waals surface area contributed by atoms with E-state index in [1.54, 1.807) is 24.3 Å². The number of hydrogen-bond acceptors (Lipinski definition) is 4. The zero-order valence-corrected chi connectivity index (χ0v) is 14.0. The number of nitrogens with zero attached hydrogens (tertiary/aromatic N) is 1. The lowest BCUT2D eigenvalue weighted by molar-refractivity contribution is -0.123. The first-order chi connectivity index (χ1) is 11.7. The minimum atomic E-state index is -0.147. The van der Waals surface area contributed by atoms with E-state index in [9.17, 15) is 4.79 Å². The molecule has 1 heterocycles. The maximum absolute atomic E-state index is 11.9. The van der Waals surface area contributed by atoms with E-state index in [2.05, 4.69) is 10.2 Å². The van der Waals surface area contributed by atoms with Crippen molar-refractivity contribution >= 4 is 23.2 Å². The van der Waals surface area contributed by atoms with Crippen LogP contribution in [-0.4, -0.2) is 38.8 Å². The van der Waals surface area contributed by atoms with Gasteiger partial charge in [0.1, 0.15) is 18.1 Å². The molecule has 126 valence electrons. The lowest BCUT2D eigenvalue weighted by atomic mass is 10.2. The quantitative estimate of drug-likeness (QED) is 0.873. The molecule has 1 N–H and O–H groups in total. The largest absolute Gasteiger partial charge is 0.490 e. The highest BCUT2D eigenvalue weighted by Crippen LogP contribution is 2.30. The Balaban J connectivity index is 1.42. The highest BCUT2D eigenvalue weighted by atomic mass is 35.5. The molecule has 1 aliphatic heterocycles. The number of nitrogens with one attached hydrogen (secondary N) is 1. The highest BCUT2D eigenvalue weighted by Gasteiger charge is 2.16. The summed E-state index contributed by atoms with van der Waals surface area (Å²) in [6.07, 6.45) is 0. The molecule has 2 aromatic carbocycles. The van der Waals surface area contributed by atoms with Gasteiger partial charge < -0.3 is 19.7 Å². The molecule has 2 aromatic rings. The van der Waals surface area contributed by atoms with Crippen molar-refractivity contribution in [2.45, 2.75) is 0 Å². The number of amides is 1. The predicted octanol–water partition coefficient (Wildman–Crippen LogP) is 2.73. The Hall–Kier alpha value is -2.40. The van der Waals surface area contributed by atoms with E-state index in [0.29, 0.717) is 23.9 Å². The number of para-hydroxylation sites is 2. The van der Waals surface area contributed by atoms with Crippen molar-refractivity contribution in [1.29, 1.82) is 0 Å². The van der Waals surface area contributed by atoms with Gasteiger partial charge in [-0.25, -0.2) is 0 Å². The van der Waals surface area contributed by atoms with Gasteiger partial charge in [0.2, 0.25) is 0 Å². The van der Waals surface area contributed by atoms with Gasteiger partial charge in [-0.1, -0.05) is 23.7 Å². The minimum Gasteiger partial charge on any atom is -0.490 e. The molecule has 24 heavy (non-hydrogen) atoms. The number of anilines is 1. The van der Waals surface area contributed by atoms with Crippen LogP contribution in [0.3, 0.4) is 0 Å². The zero-order valence-electron chi connectivity index (χ0n) is 13.2. The van der Waals surface area contributed by atoms with E-state index in [1.165, 1.54) is 0 Å². The molecule has 6 heteroatoms. The second-order valence-corrected chi connectivity index (χ2v) is 5.83. The van der Waals surface area contributed by atoms with Gasteiger partial charge in [-0.3, -0.25) is 4.79 Å². The third kappa shape index (κ3) is 4.32. The molecular formula is C18H19ClN2O3. The van der Waals surface area contributed by atoms with Crippen molar-refractivity contribution in [3.05, 3.63) is 53.6 Å². The summed E-state index contributed by atoms with van der Waals surface area (Å²) in [7, 11) is 0. The number of halogens is 1. The van der Waals surface area contributed by atoms with Crippen molar-refractivity contribution in [3.63, 3.8) is 0 Å². The second-order valence-electron chi connectivity index (χ2n) is 5.40. The summed E-state index contributed by atoms with van der Waals surface area (Å²) in [4.78, 5) is 14.1. The van der Waals surface area contributed by atoms with Crippen molar-refractivity contribution in [2.75, 3.05) is 37.7 Å². The van der Waals surface area contributed by atoms with Crippen LogP contribution in [0, 0.1) is 0 Å². The number of ether oxygens (including phenoxy) is 2. The maximum atomic E-state index is 11.9. The summed E-state index contributed by atoms with van der Waals surface area (Å²) in [6, 6.07) is 14.9. The van der Waals surface area contributed by atoms with Crippen molar-refractivity contribution < 1.29 is 14.3 Å². The van der Waals surface area contributed by atoms with Crippen LogP contribution < -0.4 is 19.7 Å². The molecule has 0 fully saturated rings. The molecule has 1 amide bonds. The standard InChI is InChI=1S/C18H19ClN2O3/c19-14-5-7-15(8-6-14)24-13-18(22)20-9-10-21-11-12-23-17-4-2-1-3-16(17)21/h1-8H,9-13H2,(H,20,22). The van der Waals surface area contributed by atoms with Gasteiger partial charge in [-0.05, 0) is 36.4 Å². The minimum absolute atomic E-state index is 0.0126. The van der Waals surface area contributed by atoms with Gasteiger partial charge in [-0.2, -0.15) is 0 Å². The molecule has 0 unspecified atom stereocenters. The van der Waals surface area contributed by atoms with E-state index in [4.69, 9.17) is 21.1 Å². The normalized spacial score (nSPS) is 13.0. The highest BCUT2D eigenvalue weighted by molar-refractivity contribution is 6.30. The molecule has 0 bridgehead atoms. The maximum Gasteiger partial charge on any atom is 0.258 e. The number of hydrogen-bond donors (Lipinski definition) is 1. The molecule has 0 spiro atoms. The van der Waals surface area contributed by atoms with Gasteiger partial charge in [0, 0.05) is 18.1 Å². The first-order valence-corrected chi connectivity index (χ1v) is 8.22. The molecule has 0 aromatic heterocycles. The van der Waals surface area contributed by atoms with Crippen molar-refractivity contribution in [3.8, 4) is 11.5 Å². The summed E-state index contributed by atoms with van der Waals surface area (Å²) in [6.45, 7) is 2.74. The molecule has 0 saturated heterocycles. The third-order valence-electron chi connectivity index (χ3n) is 3.71. The topological polar surface area (TPSA) is 50.8 Å². The van der Waals surface area contributed by atoms with Gasteiger partial charge in [0.25, 0.3) is 5.91 Å². The fraction of sp³-hybridized carbons (Fsp3) is 0.278. The number of benzene rings is 2. The summed E-state index contributed by atoms with van der Waals surface area (Å²) < 4.78 is 11.0. The third-order valence-corrected chi connectivity index (χ3v) is 3.96. The van der Waals surface area contributed by atoms with E-state index in [0.717, 1.165) is 24.5 Å². The smallest absolute Gasteiger partial charge is 0.258 e. The second kappa shape index (κ2) is 7.93. The van der Waals surface area contributed by atoms with Crippen molar-refractivity contribution in [2.24, 2.45) is 0 Å². The van der Waals surface area contributed by atoms with Crippen LogP contribution in [0.4, 0.5) is 5.69 Å². The van der Waals surface area contributed by atoms with E-state index < -0.39 is 0 Å². The first kappa shape index (κ1) is 16.5. The van der Waals surface area contributed by atoms with E-state index in [1.807, 2.05) is 24.3 Å². The van der Waals surface area contributed by atoms with Crippen LogP contribution >= 0.6 is 11.6 Å². The van der Waals surface area contributed by atoms with Crippen LogP contribution in [-0.2, 0) is 4.79 Å². The predicted molar refractivity (Wildman–Crippen MR) is 94.1 cm³/mol. The summed E-state index contributed by atoms with van der Waals surface area (Å²) >= 11 is 5.80. The van der Waals surface area contributed by atoms with Crippen LogP contribution in [0.2, 0.25) is 5.02 Å². The van der Waals surface area contributed by atoms with Gasteiger partial charge >= 0.3 is 0 Å². The van der Waals surface area contributed by atoms with E-state index in [-0.39, 0.29) is 12.5 Å². The molecule has 3 rings (SSSR count). The van der Waals surface area contributed by atoms with E-state index >= 15 is 0 Å². The molecule has 0 atom stereocenters. The summed E-state index contributed by atoms with van der Waals surface area (Å²) in [5, 5.41) is 3.51. The van der Waals surface area contributed by atoms with Gasteiger partial charge in [0.15, 0.2) is 6.61 Å². The summed E-state index contributed by atoms with van der Waals surface area (Å²) in [5.41, 5.74) is 1.07. The zero-order chi connectivity index (χ0) is 16.8. The average Bonchev–Trinajstić information content (AvgIpc) is 2.61. The fourth-order valence-corrected chi connectivity index (χ4v) is 2.65. The van der Waals surface area contributed by atoms with Crippen LogP contribution in [0.15, 0.2) is 48.5 Å². The average molecular weight is 347 g/mol. The number of rotatable bonds is 6. The summed E-state index contributed by atoms with van der Waals surface area (Å²) in [5.74, 6) is 1.37. The lowest BCUT2D eigenvalue weighted by Crippen LogP contribution is -2.40. The Labute approximate surface area is 146 Å². The number of carbonyl (C=O) groups is 1. The van der Waals surface area contributed by atoms with Crippen LogP contribution in [0.25, 0.3) is 0 Å².